The van der Waals surface area contributed by atoms with Gasteiger partial charge in [-0.15, -0.1) is 0 Å². The second-order valence-corrected chi connectivity index (χ2v) is 8.26. The van der Waals surface area contributed by atoms with Gasteiger partial charge in [0.05, 0.1) is 0 Å². The van der Waals surface area contributed by atoms with E-state index in [2.05, 4.69) is 49.7 Å². The molecule has 1 amide bonds. The van der Waals surface area contributed by atoms with Crippen LogP contribution in [0.3, 0.4) is 0 Å². The van der Waals surface area contributed by atoms with Gasteiger partial charge in [-0.25, -0.2) is 4.98 Å². The maximum Gasteiger partial charge on any atom is 0.269 e. The van der Waals surface area contributed by atoms with Crippen molar-refractivity contribution in [3.63, 3.8) is 0 Å². The van der Waals surface area contributed by atoms with Crippen LogP contribution in [0.4, 0.5) is 5.82 Å². The molecule has 1 atom stereocenters. The number of pyridine rings is 1. The van der Waals surface area contributed by atoms with E-state index in [-0.39, 0.29) is 11.9 Å². The van der Waals surface area contributed by atoms with E-state index in [0.717, 1.165) is 38.4 Å². The van der Waals surface area contributed by atoms with E-state index in [0.29, 0.717) is 12.2 Å². The Labute approximate surface area is 179 Å². The van der Waals surface area contributed by atoms with Crippen molar-refractivity contribution in [2.45, 2.75) is 31.7 Å². The zero-order valence-corrected chi connectivity index (χ0v) is 17.7. The molecule has 30 heavy (non-hydrogen) atoms. The van der Waals surface area contributed by atoms with Gasteiger partial charge in [-0.1, -0.05) is 42.8 Å². The van der Waals surface area contributed by atoms with Crippen LogP contribution in [0.2, 0.25) is 0 Å². The Bertz CT molecular complexity index is 806. The minimum atomic E-state index is -0.0785. The smallest absolute Gasteiger partial charge is 0.269 e. The van der Waals surface area contributed by atoms with Gasteiger partial charge in [0, 0.05) is 32.2 Å². The third-order valence-electron chi connectivity index (χ3n) is 6.05. The summed E-state index contributed by atoms with van der Waals surface area (Å²) in [5, 5.41) is 6.63. The minimum Gasteiger partial charge on any atom is -0.353 e. The molecule has 2 saturated heterocycles. The van der Waals surface area contributed by atoms with Crippen LogP contribution in [-0.2, 0) is 0 Å². The van der Waals surface area contributed by atoms with E-state index >= 15 is 0 Å². The molecule has 1 aromatic carbocycles. The zero-order chi connectivity index (χ0) is 20.6. The number of amides is 1. The fourth-order valence-electron chi connectivity index (χ4n) is 4.37. The summed E-state index contributed by atoms with van der Waals surface area (Å²) in [5.74, 6) is 0.795. The van der Waals surface area contributed by atoms with Crippen molar-refractivity contribution in [1.29, 1.82) is 0 Å². The third kappa shape index (κ3) is 5.58. The number of likely N-dealkylation sites (tertiary alicyclic amines) is 1. The number of nitrogens with zero attached hydrogens (tertiary/aromatic N) is 3. The number of carbonyl (C=O) groups excluding carboxylic acids is 1. The summed E-state index contributed by atoms with van der Waals surface area (Å²) in [4.78, 5) is 22.0. The quantitative estimate of drug-likeness (QED) is 0.691. The Morgan fingerprint density at radius 3 is 2.70 bits per heavy atom. The lowest BCUT2D eigenvalue weighted by Gasteiger charge is -2.35. The van der Waals surface area contributed by atoms with Gasteiger partial charge < -0.3 is 20.4 Å². The normalized spacial score (nSPS) is 20.1. The summed E-state index contributed by atoms with van der Waals surface area (Å²) in [6.45, 7) is 6.79. The molecule has 1 aromatic heterocycles. The second kappa shape index (κ2) is 10.5. The number of hydrogen-bond acceptors (Lipinski definition) is 5. The molecular weight excluding hydrogens is 374 g/mol. The van der Waals surface area contributed by atoms with Crippen LogP contribution in [0, 0.1) is 0 Å². The molecule has 2 aliphatic rings. The fraction of sp³-hybridized carbons (Fsp3) is 0.500. The summed E-state index contributed by atoms with van der Waals surface area (Å²) in [7, 11) is 0. The summed E-state index contributed by atoms with van der Waals surface area (Å²) >= 11 is 0. The van der Waals surface area contributed by atoms with Gasteiger partial charge in [0.2, 0.25) is 0 Å². The lowest BCUT2D eigenvalue weighted by molar-refractivity contribution is 0.0946. The Morgan fingerprint density at radius 2 is 1.87 bits per heavy atom. The van der Waals surface area contributed by atoms with Crippen molar-refractivity contribution < 1.29 is 4.79 Å². The topological polar surface area (TPSA) is 60.5 Å². The number of benzene rings is 1. The molecule has 160 valence electrons. The highest BCUT2D eigenvalue weighted by Crippen LogP contribution is 2.21. The minimum absolute atomic E-state index is 0.0785. The Balaban J connectivity index is 1.30. The maximum absolute atomic E-state index is 12.6. The maximum atomic E-state index is 12.6. The van der Waals surface area contributed by atoms with Gasteiger partial charge in [-0.05, 0) is 56.6 Å². The molecule has 0 spiro atoms. The molecule has 2 aliphatic heterocycles. The zero-order valence-electron chi connectivity index (χ0n) is 17.7. The van der Waals surface area contributed by atoms with Crippen LogP contribution in [0.15, 0.2) is 48.5 Å². The van der Waals surface area contributed by atoms with Crippen LogP contribution in [-0.4, -0.2) is 61.6 Å². The van der Waals surface area contributed by atoms with Crippen molar-refractivity contribution in [2.75, 3.05) is 50.7 Å². The van der Waals surface area contributed by atoms with Crippen molar-refractivity contribution in [1.82, 2.24) is 20.5 Å². The van der Waals surface area contributed by atoms with Crippen LogP contribution in [0.1, 0.15) is 47.8 Å². The highest BCUT2D eigenvalue weighted by atomic mass is 16.1. The van der Waals surface area contributed by atoms with Crippen LogP contribution >= 0.6 is 0 Å². The van der Waals surface area contributed by atoms with E-state index in [9.17, 15) is 4.79 Å². The summed E-state index contributed by atoms with van der Waals surface area (Å²) < 4.78 is 0. The number of aromatic nitrogens is 1. The summed E-state index contributed by atoms with van der Waals surface area (Å²) in [5.41, 5.74) is 1.78. The number of piperazine rings is 1. The molecule has 2 N–H and O–H groups in total. The predicted molar refractivity (Wildman–Crippen MR) is 121 cm³/mol. The lowest BCUT2D eigenvalue weighted by Crippen LogP contribution is -2.46. The van der Waals surface area contributed by atoms with Gasteiger partial charge in [-0.3, -0.25) is 4.79 Å². The van der Waals surface area contributed by atoms with E-state index in [1.54, 1.807) is 6.07 Å². The summed E-state index contributed by atoms with van der Waals surface area (Å²) in [6, 6.07) is 16.5. The number of piperidine rings is 1. The van der Waals surface area contributed by atoms with Gasteiger partial charge in [0.25, 0.3) is 5.91 Å². The first kappa shape index (κ1) is 20.8. The number of hydrogen-bond donors (Lipinski definition) is 2. The first-order valence-corrected chi connectivity index (χ1v) is 11.3. The molecule has 2 aromatic rings. The van der Waals surface area contributed by atoms with Crippen molar-refractivity contribution >= 4 is 11.7 Å². The predicted octanol–water partition coefficient (Wildman–Crippen LogP) is 2.84. The molecule has 6 heteroatoms. The van der Waals surface area contributed by atoms with Gasteiger partial charge in [0.15, 0.2) is 0 Å². The van der Waals surface area contributed by atoms with Crippen molar-refractivity contribution in [3.8, 4) is 0 Å². The molecule has 6 nitrogen and oxygen atoms in total. The molecular formula is C24H33N5O. The van der Waals surface area contributed by atoms with E-state index in [4.69, 9.17) is 0 Å². The van der Waals surface area contributed by atoms with Crippen LogP contribution in [0.5, 0.6) is 0 Å². The van der Waals surface area contributed by atoms with E-state index < -0.39 is 0 Å². The number of rotatable bonds is 7. The van der Waals surface area contributed by atoms with Gasteiger partial charge >= 0.3 is 0 Å². The van der Waals surface area contributed by atoms with Crippen LogP contribution < -0.4 is 15.5 Å². The summed E-state index contributed by atoms with van der Waals surface area (Å²) in [6.07, 6.45) is 4.96. The number of nitrogens with one attached hydrogen (secondary N) is 2. The monoisotopic (exact) mass is 407 g/mol. The Morgan fingerprint density at radius 1 is 1.03 bits per heavy atom. The molecule has 0 unspecified atom stereocenters. The SMILES string of the molecule is O=C(NCCCN1CCCCC1)c1cccc(N2CCN[C@@H](c3ccccc3)C2)n1. The van der Waals surface area contributed by atoms with E-state index in [1.165, 1.54) is 37.9 Å². The van der Waals surface area contributed by atoms with Gasteiger partial charge in [-0.2, -0.15) is 0 Å². The van der Waals surface area contributed by atoms with Crippen LogP contribution in [0.25, 0.3) is 0 Å². The van der Waals surface area contributed by atoms with Crippen molar-refractivity contribution in [3.05, 3.63) is 59.8 Å². The molecule has 0 saturated carbocycles. The third-order valence-corrected chi connectivity index (χ3v) is 6.05. The average Bonchev–Trinajstić information content (AvgIpc) is 2.83. The molecule has 4 rings (SSSR count). The highest BCUT2D eigenvalue weighted by molar-refractivity contribution is 5.92. The highest BCUT2D eigenvalue weighted by Gasteiger charge is 2.22. The number of anilines is 1. The van der Waals surface area contributed by atoms with Gasteiger partial charge in [0.1, 0.15) is 11.5 Å². The Kier molecular flexibility index (Phi) is 7.32. The lowest BCUT2D eigenvalue weighted by atomic mass is 10.0. The molecule has 0 radical (unpaired) electrons. The standard InChI is InChI=1S/C24H33N5O/c30-24(26-13-8-17-28-15-5-2-6-16-28)21-11-7-12-23(27-21)29-18-14-25-22(19-29)20-9-3-1-4-10-20/h1,3-4,7,9-12,22,25H,2,5-6,8,13-19H2,(H,26,30)/t22-/m1/s1. The fourth-order valence-corrected chi connectivity index (χ4v) is 4.37. The number of carbonyl (C=O) groups is 1. The molecule has 3 heterocycles. The largest absolute Gasteiger partial charge is 0.353 e. The Hall–Kier alpha value is -2.44. The molecule has 0 aliphatic carbocycles. The molecule has 0 bridgehead atoms. The molecule has 2 fully saturated rings. The first-order valence-electron chi connectivity index (χ1n) is 11.3. The van der Waals surface area contributed by atoms with Crippen molar-refractivity contribution in [2.24, 2.45) is 0 Å². The average molecular weight is 408 g/mol. The van der Waals surface area contributed by atoms with E-state index in [1.807, 2.05) is 18.2 Å². The first-order chi connectivity index (χ1) is 14.8. The second-order valence-electron chi connectivity index (χ2n) is 8.26.